The molecule has 2 aromatic carbocycles. The van der Waals surface area contributed by atoms with Crippen molar-refractivity contribution in [1.29, 1.82) is 0 Å². The van der Waals surface area contributed by atoms with Crippen molar-refractivity contribution >= 4 is 5.91 Å². The molecule has 36 heavy (non-hydrogen) atoms. The Bertz CT molecular complexity index is 1360. The van der Waals surface area contributed by atoms with E-state index in [0.29, 0.717) is 24.6 Å². The summed E-state index contributed by atoms with van der Waals surface area (Å²) in [7, 11) is 0. The number of aromatic nitrogens is 7. The number of unbranched alkanes of at least 4 members (excludes halogenated alkanes) is 1. The van der Waals surface area contributed by atoms with E-state index in [2.05, 4.69) is 32.6 Å². The van der Waals surface area contributed by atoms with Crippen LogP contribution in [0.15, 0.2) is 53.3 Å². The van der Waals surface area contributed by atoms with Gasteiger partial charge < -0.3 is 0 Å². The summed E-state index contributed by atoms with van der Waals surface area (Å²) >= 11 is 0. The van der Waals surface area contributed by atoms with Crippen LogP contribution in [0.2, 0.25) is 0 Å². The third-order valence-corrected chi connectivity index (χ3v) is 6.95. The molecule has 1 aliphatic carbocycles. The molecule has 186 valence electrons. The SMILES string of the molecule is CCCCc1nn(C(=O)C2CCCCC2)c(=O)n1Cc1ccc(-c2cccc(-c3nn[nH]n3)c2)cc1. The average molecular weight is 486 g/mol. The summed E-state index contributed by atoms with van der Waals surface area (Å²) in [5.74, 6) is 0.990. The van der Waals surface area contributed by atoms with Crippen LogP contribution in [0.5, 0.6) is 0 Å². The van der Waals surface area contributed by atoms with Gasteiger partial charge in [0.15, 0.2) is 0 Å². The fourth-order valence-electron chi connectivity index (χ4n) is 4.89. The number of carbonyl (C=O) groups excluding carboxylic acids is 1. The molecule has 9 nitrogen and oxygen atoms in total. The molecule has 0 amide bonds. The molecule has 2 heterocycles. The van der Waals surface area contributed by atoms with Crippen molar-refractivity contribution in [3.63, 3.8) is 0 Å². The molecule has 0 bridgehead atoms. The second-order valence-corrected chi connectivity index (χ2v) is 9.49. The summed E-state index contributed by atoms with van der Waals surface area (Å²) in [6.07, 6.45) is 7.52. The van der Waals surface area contributed by atoms with Crippen LogP contribution in [0.1, 0.15) is 68.1 Å². The molecule has 1 saturated carbocycles. The van der Waals surface area contributed by atoms with Crippen LogP contribution in [-0.2, 0) is 13.0 Å². The Morgan fingerprint density at radius 1 is 1.03 bits per heavy atom. The van der Waals surface area contributed by atoms with Crippen LogP contribution in [0.25, 0.3) is 22.5 Å². The molecule has 9 heteroatoms. The van der Waals surface area contributed by atoms with Gasteiger partial charge in [-0.25, -0.2) is 4.79 Å². The Morgan fingerprint density at radius 3 is 2.53 bits per heavy atom. The molecule has 0 atom stereocenters. The molecule has 2 aromatic heterocycles. The minimum absolute atomic E-state index is 0.0960. The minimum Gasteiger partial charge on any atom is -0.274 e. The third kappa shape index (κ3) is 5.05. The number of benzene rings is 2. The zero-order valence-electron chi connectivity index (χ0n) is 20.6. The van der Waals surface area contributed by atoms with E-state index in [1.165, 1.54) is 0 Å². The number of hydrogen-bond acceptors (Lipinski definition) is 6. The first-order valence-electron chi connectivity index (χ1n) is 12.8. The van der Waals surface area contributed by atoms with Gasteiger partial charge in [0.1, 0.15) is 5.82 Å². The van der Waals surface area contributed by atoms with Gasteiger partial charge in [-0.2, -0.15) is 5.21 Å². The molecule has 5 rings (SSSR count). The van der Waals surface area contributed by atoms with Crippen LogP contribution in [0.4, 0.5) is 0 Å². The first-order valence-corrected chi connectivity index (χ1v) is 12.8. The molecule has 1 N–H and O–H groups in total. The largest absolute Gasteiger partial charge is 0.353 e. The molecular weight excluding hydrogens is 454 g/mol. The highest BCUT2D eigenvalue weighted by Gasteiger charge is 2.27. The van der Waals surface area contributed by atoms with Gasteiger partial charge >= 0.3 is 5.69 Å². The van der Waals surface area contributed by atoms with Gasteiger partial charge in [-0.05, 0) is 47.2 Å². The summed E-state index contributed by atoms with van der Waals surface area (Å²) in [5, 5.41) is 18.7. The van der Waals surface area contributed by atoms with E-state index in [-0.39, 0.29) is 17.5 Å². The lowest BCUT2D eigenvalue weighted by atomic mass is 9.89. The van der Waals surface area contributed by atoms with Crippen molar-refractivity contribution in [3.8, 4) is 22.5 Å². The number of hydrogen-bond donors (Lipinski definition) is 1. The zero-order valence-corrected chi connectivity index (χ0v) is 20.6. The lowest BCUT2D eigenvalue weighted by Crippen LogP contribution is -2.35. The second kappa shape index (κ2) is 10.8. The van der Waals surface area contributed by atoms with E-state index in [0.717, 1.165) is 71.9 Å². The number of nitrogens with one attached hydrogen (secondary N) is 1. The molecule has 4 aromatic rings. The number of nitrogens with zero attached hydrogens (tertiary/aromatic N) is 6. The van der Waals surface area contributed by atoms with Crippen molar-refractivity contribution in [2.75, 3.05) is 0 Å². The maximum Gasteiger partial charge on any atom is 0.353 e. The van der Waals surface area contributed by atoms with Crippen molar-refractivity contribution in [2.45, 2.75) is 64.8 Å². The van der Waals surface area contributed by atoms with E-state index in [9.17, 15) is 9.59 Å². The van der Waals surface area contributed by atoms with Crippen molar-refractivity contribution < 1.29 is 4.79 Å². The van der Waals surface area contributed by atoms with Gasteiger partial charge in [0.2, 0.25) is 5.82 Å². The van der Waals surface area contributed by atoms with Crippen LogP contribution < -0.4 is 5.69 Å². The van der Waals surface area contributed by atoms with E-state index < -0.39 is 0 Å². The predicted molar refractivity (Wildman–Crippen MR) is 136 cm³/mol. The van der Waals surface area contributed by atoms with Crippen LogP contribution in [0.3, 0.4) is 0 Å². The Morgan fingerprint density at radius 2 is 1.81 bits per heavy atom. The standard InChI is InChI=1S/C27H31N7O2/c1-2-3-12-24-30-34(26(35)21-8-5-4-6-9-21)27(36)33(24)18-19-13-15-20(16-14-19)22-10-7-11-23(17-22)25-28-31-32-29-25/h7,10-11,13-17,21H,2-6,8-9,12,18H2,1H3,(H,28,29,31,32). The van der Waals surface area contributed by atoms with Crippen molar-refractivity contribution in [1.82, 2.24) is 35.0 Å². The smallest absolute Gasteiger partial charge is 0.274 e. The maximum absolute atomic E-state index is 13.3. The number of tetrazole rings is 1. The fourth-order valence-corrected chi connectivity index (χ4v) is 4.89. The first-order chi connectivity index (χ1) is 17.6. The quantitative estimate of drug-likeness (QED) is 0.393. The lowest BCUT2D eigenvalue weighted by Gasteiger charge is -2.19. The summed E-state index contributed by atoms with van der Waals surface area (Å²) in [4.78, 5) is 26.4. The number of aromatic amines is 1. The summed E-state index contributed by atoms with van der Waals surface area (Å²) in [6, 6.07) is 16.1. The van der Waals surface area contributed by atoms with Gasteiger partial charge in [0.05, 0.1) is 6.54 Å². The molecule has 0 unspecified atom stereocenters. The third-order valence-electron chi connectivity index (χ3n) is 6.95. The molecular formula is C27H31N7O2. The van der Waals surface area contributed by atoms with E-state index >= 15 is 0 Å². The van der Waals surface area contributed by atoms with E-state index in [4.69, 9.17) is 0 Å². The predicted octanol–water partition coefficient (Wildman–Crippen LogP) is 4.50. The van der Waals surface area contributed by atoms with Gasteiger partial charge in [-0.3, -0.25) is 9.36 Å². The molecule has 1 aliphatic rings. The highest BCUT2D eigenvalue weighted by atomic mass is 16.2. The second-order valence-electron chi connectivity index (χ2n) is 9.49. The molecule has 0 spiro atoms. The first kappa shape index (κ1) is 23.8. The summed E-state index contributed by atoms with van der Waals surface area (Å²) < 4.78 is 2.81. The zero-order chi connectivity index (χ0) is 24.9. The number of aryl methyl sites for hydroxylation is 1. The van der Waals surface area contributed by atoms with Gasteiger partial charge in [0, 0.05) is 17.9 Å². The van der Waals surface area contributed by atoms with Gasteiger partial charge in [-0.1, -0.05) is 75.1 Å². The highest BCUT2D eigenvalue weighted by Crippen LogP contribution is 2.26. The topological polar surface area (TPSA) is 111 Å². The molecule has 0 saturated heterocycles. The van der Waals surface area contributed by atoms with Crippen LogP contribution in [0, 0.1) is 5.92 Å². The van der Waals surface area contributed by atoms with Crippen LogP contribution in [-0.4, -0.2) is 40.9 Å². The van der Waals surface area contributed by atoms with Crippen molar-refractivity contribution in [3.05, 3.63) is 70.4 Å². The van der Waals surface area contributed by atoms with Gasteiger partial charge in [-0.15, -0.1) is 20.0 Å². The van der Waals surface area contributed by atoms with Crippen molar-refractivity contribution in [2.24, 2.45) is 5.92 Å². The molecule has 1 fully saturated rings. The average Bonchev–Trinajstić information content (AvgIpc) is 3.57. The highest BCUT2D eigenvalue weighted by molar-refractivity contribution is 5.80. The number of carbonyl (C=O) groups is 1. The van der Waals surface area contributed by atoms with Crippen LogP contribution >= 0.6 is 0 Å². The molecule has 0 aliphatic heterocycles. The summed E-state index contributed by atoms with van der Waals surface area (Å²) in [6.45, 7) is 2.50. The number of H-pyrrole nitrogens is 1. The minimum atomic E-state index is -0.325. The van der Waals surface area contributed by atoms with Gasteiger partial charge in [0.25, 0.3) is 5.91 Å². The maximum atomic E-state index is 13.3. The van der Waals surface area contributed by atoms with E-state index in [1.807, 2.05) is 48.5 Å². The Hall–Kier alpha value is -3.88. The lowest BCUT2D eigenvalue weighted by molar-refractivity contribution is 0.0778. The summed E-state index contributed by atoms with van der Waals surface area (Å²) in [5.41, 5.74) is 3.63. The fraction of sp³-hybridized carbons (Fsp3) is 0.407. The molecule has 0 radical (unpaired) electrons. The Labute approximate surface area is 209 Å². The Kier molecular flexibility index (Phi) is 7.16. The Balaban J connectivity index is 1.39. The number of rotatable bonds is 8. The van der Waals surface area contributed by atoms with E-state index in [1.54, 1.807) is 4.57 Å². The monoisotopic (exact) mass is 485 g/mol. The normalized spacial score (nSPS) is 14.2.